The zero-order valence-electron chi connectivity index (χ0n) is 18.5. The standard InChI is InChI=1S/C22H34N2O6/c1-6-15-8-7-9-16(22(27)30-14(4)20(15)29-12-13(2)3)24-21(26)18-19(25)17(28-5)10-11-23-18/h10-11,13-16,20,25H,6-9,12H2,1-5H3,(H,24,26)/t14-,15-,16-,20-/m0/s1. The summed E-state index contributed by atoms with van der Waals surface area (Å²) in [4.78, 5) is 29.4. The molecular weight excluding hydrogens is 388 g/mol. The minimum Gasteiger partial charge on any atom is -0.503 e. The van der Waals surface area contributed by atoms with Crippen molar-refractivity contribution in [1.82, 2.24) is 10.3 Å². The Morgan fingerprint density at radius 3 is 2.77 bits per heavy atom. The van der Waals surface area contributed by atoms with Crippen molar-refractivity contribution < 1.29 is 28.9 Å². The second kappa shape index (κ2) is 11.2. The Bertz CT molecular complexity index is 724. The first-order valence-corrected chi connectivity index (χ1v) is 10.6. The van der Waals surface area contributed by atoms with Crippen LogP contribution in [0.25, 0.3) is 0 Å². The maximum Gasteiger partial charge on any atom is 0.329 e. The van der Waals surface area contributed by atoms with Gasteiger partial charge >= 0.3 is 5.97 Å². The number of pyridine rings is 1. The predicted octanol–water partition coefficient (Wildman–Crippen LogP) is 3.08. The Morgan fingerprint density at radius 1 is 1.40 bits per heavy atom. The van der Waals surface area contributed by atoms with Crippen LogP contribution in [0.5, 0.6) is 11.5 Å². The Morgan fingerprint density at radius 2 is 2.13 bits per heavy atom. The van der Waals surface area contributed by atoms with E-state index in [0.29, 0.717) is 18.9 Å². The number of methoxy groups -OCH3 is 1. The molecule has 0 aliphatic carbocycles. The molecule has 2 rings (SSSR count). The second-order valence-electron chi connectivity index (χ2n) is 8.17. The molecule has 0 aromatic carbocycles. The van der Waals surface area contributed by atoms with Gasteiger partial charge in [0, 0.05) is 18.9 Å². The number of carbonyl (C=O) groups excluding carboxylic acids is 2. The van der Waals surface area contributed by atoms with Gasteiger partial charge in [-0.2, -0.15) is 0 Å². The molecule has 1 amide bonds. The summed E-state index contributed by atoms with van der Waals surface area (Å²) in [6.07, 6.45) is 3.72. The number of aromatic hydroxyl groups is 1. The van der Waals surface area contributed by atoms with Gasteiger partial charge in [-0.25, -0.2) is 9.78 Å². The minimum atomic E-state index is -0.825. The van der Waals surface area contributed by atoms with E-state index >= 15 is 0 Å². The number of esters is 1. The summed E-state index contributed by atoms with van der Waals surface area (Å²) in [5.41, 5.74) is -0.195. The van der Waals surface area contributed by atoms with E-state index in [1.165, 1.54) is 19.4 Å². The lowest BCUT2D eigenvalue weighted by Crippen LogP contribution is -2.44. The monoisotopic (exact) mass is 422 g/mol. The van der Waals surface area contributed by atoms with Crippen molar-refractivity contribution in [3.8, 4) is 11.5 Å². The van der Waals surface area contributed by atoms with Gasteiger partial charge in [0.25, 0.3) is 5.91 Å². The summed E-state index contributed by atoms with van der Waals surface area (Å²) < 4.78 is 16.8. The molecule has 2 heterocycles. The number of ether oxygens (including phenoxy) is 3. The fraction of sp³-hybridized carbons (Fsp3) is 0.682. The average Bonchev–Trinajstić information content (AvgIpc) is 2.75. The molecule has 0 saturated carbocycles. The third kappa shape index (κ3) is 6.08. The van der Waals surface area contributed by atoms with Gasteiger partial charge in [0.15, 0.2) is 17.2 Å². The van der Waals surface area contributed by atoms with Crippen molar-refractivity contribution in [3.63, 3.8) is 0 Å². The molecule has 1 saturated heterocycles. The average molecular weight is 423 g/mol. The Labute approximate surface area is 178 Å². The Balaban J connectivity index is 2.14. The van der Waals surface area contributed by atoms with E-state index < -0.39 is 24.0 Å². The SMILES string of the molecule is CC[C@H]1CCC[C@H](NC(=O)c2nccc(OC)c2O)C(=O)O[C@@H](C)[C@@H]1OCC(C)C. The number of rotatable bonds is 7. The van der Waals surface area contributed by atoms with E-state index in [0.717, 1.165) is 19.3 Å². The Kier molecular flexibility index (Phi) is 8.89. The molecule has 8 nitrogen and oxygen atoms in total. The van der Waals surface area contributed by atoms with Crippen molar-refractivity contribution >= 4 is 11.9 Å². The number of aromatic nitrogens is 1. The highest BCUT2D eigenvalue weighted by atomic mass is 16.6. The third-order valence-electron chi connectivity index (χ3n) is 5.36. The molecular formula is C22H34N2O6. The maximum absolute atomic E-state index is 12.8. The molecule has 1 aliphatic heterocycles. The van der Waals surface area contributed by atoms with Gasteiger partial charge < -0.3 is 24.6 Å². The van der Waals surface area contributed by atoms with Gasteiger partial charge in [0.2, 0.25) is 0 Å². The zero-order chi connectivity index (χ0) is 22.3. The van der Waals surface area contributed by atoms with Gasteiger partial charge in [-0.15, -0.1) is 0 Å². The molecule has 4 atom stereocenters. The molecule has 0 spiro atoms. The summed E-state index contributed by atoms with van der Waals surface area (Å²) in [5.74, 6) is -0.738. The number of nitrogens with one attached hydrogen (secondary N) is 1. The van der Waals surface area contributed by atoms with Crippen LogP contribution in [0, 0.1) is 11.8 Å². The van der Waals surface area contributed by atoms with E-state index in [4.69, 9.17) is 14.2 Å². The summed E-state index contributed by atoms with van der Waals surface area (Å²) in [5, 5.41) is 12.8. The van der Waals surface area contributed by atoms with Crippen molar-refractivity contribution in [1.29, 1.82) is 0 Å². The first-order chi connectivity index (χ1) is 14.3. The zero-order valence-corrected chi connectivity index (χ0v) is 18.5. The fourth-order valence-electron chi connectivity index (χ4n) is 3.72. The smallest absolute Gasteiger partial charge is 0.329 e. The van der Waals surface area contributed by atoms with E-state index in [9.17, 15) is 14.7 Å². The molecule has 8 heteroatoms. The van der Waals surface area contributed by atoms with Gasteiger partial charge in [0.05, 0.1) is 13.2 Å². The van der Waals surface area contributed by atoms with Crippen LogP contribution >= 0.6 is 0 Å². The molecule has 0 radical (unpaired) electrons. The van der Waals surface area contributed by atoms with Crippen molar-refractivity contribution in [3.05, 3.63) is 18.0 Å². The van der Waals surface area contributed by atoms with Gasteiger partial charge in [-0.05, 0) is 31.6 Å². The summed E-state index contributed by atoms with van der Waals surface area (Å²) in [7, 11) is 1.38. The van der Waals surface area contributed by atoms with Crippen LogP contribution in [0.4, 0.5) is 0 Å². The largest absolute Gasteiger partial charge is 0.503 e. The highest BCUT2D eigenvalue weighted by Crippen LogP contribution is 2.29. The van der Waals surface area contributed by atoms with Crippen LogP contribution in [0.2, 0.25) is 0 Å². The molecule has 1 aromatic rings. The number of hydrogen-bond acceptors (Lipinski definition) is 7. The molecule has 30 heavy (non-hydrogen) atoms. The lowest BCUT2D eigenvalue weighted by Gasteiger charge is -2.31. The number of nitrogens with zero attached hydrogens (tertiary/aromatic N) is 1. The normalized spacial score (nSPS) is 25.1. The van der Waals surface area contributed by atoms with Gasteiger partial charge in [-0.1, -0.05) is 33.6 Å². The van der Waals surface area contributed by atoms with Crippen LogP contribution in [-0.2, 0) is 14.3 Å². The van der Waals surface area contributed by atoms with E-state index in [1.54, 1.807) is 0 Å². The molecule has 168 valence electrons. The van der Waals surface area contributed by atoms with Crippen molar-refractivity contribution in [2.75, 3.05) is 13.7 Å². The Hall–Kier alpha value is -2.35. The van der Waals surface area contributed by atoms with E-state index in [2.05, 4.69) is 31.1 Å². The highest BCUT2D eigenvalue weighted by Gasteiger charge is 2.34. The van der Waals surface area contributed by atoms with E-state index in [1.807, 2.05) is 6.92 Å². The van der Waals surface area contributed by atoms with Crippen LogP contribution in [0.3, 0.4) is 0 Å². The highest BCUT2D eigenvalue weighted by molar-refractivity contribution is 5.97. The van der Waals surface area contributed by atoms with Crippen LogP contribution in [0.15, 0.2) is 12.3 Å². The first-order valence-electron chi connectivity index (χ1n) is 10.6. The molecule has 0 unspecified atom stereocenters. The quantitative estimate of drug-likeness (QED) is 0.650. The second-order valence-corrected chi connectivity index (χ2v) is 8.17. The number of cyclic esters (lactones) is 1. The number of carbonyl (C=O) groups is 2. The third-order valence-corrected chi connectivity index (χ3v) is 5.36. The maximum atomic E-state index is 12.8. The molecule has 1 fully saturated rings. The first kappa shape index (κ1) is 23.9. The molecule has 2 N–H and O–H groups in total. The fourth-order valence-corrected chi connectivity index (χ4v) is 3.72. The molecule has 1 aromatic heterocycles. The van der Waals surface area contributed by atoms with Crippen LogP contribution < -0.4 is 10.1 Å². The number of amides is 1. The van der Waals surface area contributed by atoms with Gasteiger partial charge in [-0.3, -0.25) is 4.79 Å². The summed E-state index contributed by atoms with van der Waals surface area (Å²) in [6.45, 7) is 8.72. The predicted molar refractivity (Wildman–Crippen MR) is 111 cm³/mol. The van der Waals surface area contributed by atoms with Crippen LogP contribution in [-0.4, -0.2) is 53.9 Å². The summed E-state index contributed by atoms with van der Waals surface area (Å²) in [6, 6.07) is 0.623. The van der Waals surface area contributed by atoms with E-state index in [-0.39, 0.29) is 29.2 Å². The van der Waals surface area contributed by atoms with Gasteiger partial charge in [0.1, 0.15) is 12.1 Å². The van der Waals surface area contributed by atoms with Crippen molar-refractivity contribution in [2.24, 2.45) is 11.8 Å². The van der Waals surface area contributed by atoms with Crippen LogP contribution in [0.1, 0.15) is 63.9 Å². The molecule has 1 aliphatic rings. The number of hydrogen-bond donors (Lipinski definition) is 2. The lowest BCUT2D eigenvalue weighted by atomic mass is 9.90. The summed E-state index contributed by atoms with van der Waals surface area (Å²) >= 11 is 0. The molecule has 0 bridgehead atoms. The minimum absolute atomic E-state index is 0.136. The topological polar surface area (TPSA) is 107 Å². The lowest BCUT2D eigenvalue weighted by molar-refractivity contribution is -0.161. The van der Waals surface area contributed by atoms with Crippen molar-refractivity contribution in [2.45, 2.75) is 71.6 Å².